The van der Waals surface area contributed by atoms with Crippen LogP contribution in [0.1, 0.15) is 17.4 Å². The van der Waals surface area contributed by atoms with Gasteiger partial charge in [0, 0.05) is 10.4 Å². The molecule has 0 radical (unpaired) electrons. The Morgan fingerprint density at radius 2 is 2.24 bits per heavy atom. The van der Waals surface area contributed by atoms with Gasteiger partial charge in [0.1, 0.15) is 17.2 Å². The van der Waals surface area contributed by atoms with Crippen LogP contribution in [0.25, 0.3) is 10.2 Å². The van der Waals surface area contributed by atoms with Gasteiger partial charge < -0.3 is 0 Å². The van der Waals surface area contributed by atoms with Crippen molar-refractivity contribution in [3.05, 3.63) is 63.3 Å². The maximum Gasteiger partial charge on any atom is 0.262 e. The molecule has 0 saturated heterocycles. The summed E-state index contributed by atoms with van der Waals surface area (Å²) in [6.07, 6.45) is 3.39. The number of hydrazone groups is 1. The summed E-state index contributed by atoms with van der Waals surface area (Å²) in [5, 5.41) is 4.22. The predicted octanol–water partition coefficient (Wildman–Crippen LogP) is 2.31. The lowest BCUT2D eigenvalue weighted by molar-refractivity contribution is -0.121. The zero-order chi connectivity index (χ0) is 17.8. The number of nitrogens with one attached hydrogen (secondary N) is 1. The number of hydrogen-bond donors (Lipinski definition) is 1. The van der Waals surface area contributed by atoms with Gasteiger partial charge >= 0.3 is 0 Å². The molecule has 0 atom stereocenters. The van der Waals surface area contributed by atoms with Gasteiger partial charge in [0.2, 0.25) is 0 Å². The van der Waals surface area contributed by atoms with Crippen LogP contribution in [0.5, 0.6) is 0 Å². The van der Waals surface area contributed by atoms with Gasteiger partial charge in [-0.05, 0) is 18.6 Å². The Bertz CT molecular complexity index is 1010. The van der Waals surface area contributed by atoms with Gasteiger partial charge in [0.05, 0.1) is 17.9 Å². The fourth-order valence-corrected chi connectivity index (χ4v) is 3.17. The van der Waals surface area contributed by atoms with Crippen molar-refractivity contribution in [3.63, 3.8) is 0 Å². The van der Waals surface area contributed by atoms with Gasteiger partial charge in [-0.1, -0.05) is 25.1 Å². The number of carbonyl (C=O) groups excluding carboxylic acids is 1. The molecule has 3 rings (SSSR count). The molecule has 0 aliphatic heterocycles. The Hall–Kier alpha value is -2.87. The molecule has 25 heavy (non-hydrogen) atoms. The minimum Gasteiger partial charge on any atom is -0.289 e. The van der Waals surface area contributed by atoms with E-state index in [2.05, 4.69) is 15.5 Å². The fraction of sp³-hybridized carbons (Fsp3) is 0.176. The number of amides is 1. The van der Waals surface area contributed by atoms with Crippen molar-refractivity contribution < 1.29 is 9.18 Å². The Morgan fingerprint density at radius 1 is 1.44 bits per heavy atom. The molecule has 1 aromatic carbocycles. The first-order valence-corrected chi connectivity index (χ1v) is 8.44. The predicted molar refractivity (Wildman–Crippen MR) is 95.4 cm³/mol. The maximum atomic E-state index is 13.4. The third kappa shape index (κ3) is 3.80. The molecule has 128 valence electrons. The summed E-state index contributed by atoms with van der Waals surface area (Å²) in [5.74, 6) is -0.933. The van der Waals surface area contributed by atoms with Crippen molar-refractivity contribution in [2.24, 2.45) is 5.10 Å². The molecule has 2 heterocycles. The van der Waals surface area contributed by atoms with Gasteiger partial charge in [0.15, 0.2) is 0 Å². The van der Waals surface area contributed by atoms with E-state index in [4.69, 9.17) is 0 Å². The third-order valence-corrected chi connectivity index (χ3v) is 4.72. The molecule has 0 aliphatic rings. The average molecular weight is 358 g/mol. The van der Waals surface area contributed by atoms with Crippen LogP contribution in [0.15, 0.2) is 46.6 Å². The van der Waals surface area contributed by atoms with E-state index in [1.807, 2.05) is 6.92 Å². The van der Waals surface area contributed by atoms with Crippen LogP contribution < -0.4 is 11.0 Å². The summed E-state index contributed by atoms with van der Waals surface area (Å²) >= 11 is 1.47. The number of thiophene rings is 1. The second-order valence-corrected chi connectivity index (χ2v) is 6.39. The number of rotatable bonds is 5. The molecule has 1 N–H and O–H groups in total. The van der Waals surface area contributed by atoms with E-state index in [1.165, 1.54) is 40.6 Å². The van der Waals surface area contributed by atoms with Crippen LogP contribution in [-0.4, -0.2) is 21.7 Å². The van der Waals surface area contributed by atoms with Gasteiger partial charge in [-0.15, -0.1) is 11.3 Å². The summed E-state index contributed by atoms with van der Waals surface area (Å²) in [5.41, 5.74) is 2.27. The summed E-state index contributed by atoms with van der Waals surface area (Å²) in [6, 6.07) is 7.87. The van der Waals surface area contributed by atoms with Gasteiger partial charge in [0.25, 0.3) is 11.5 Å². The minimum atomic E-state index is -0.498. The highest BCUT2D eigenvalue weighted by Gasteiger charge is 2.10. The molecular weight excluding hydrogens is 343 g/mol. The number of benzene rings is 1. The van der Waals surface area contributed by atoms with E-state index in [-0.39, 0.29) is 17.7 Å². The van der Waals surface area contributed by atoms with Crippen molar-refractivity contribution in [1.82, 2.24) is 15.0 Å². The van der Waals surface area contributed by atoms with E-state index in [0.717, 1.165) is 11.3 Å². The molecule has 0 fully saturated rings. The number of halogens is 1. The molecule has 0 bridgehead atoms. The van der Waals surface area contributed by atoms with E-state index in [1.54, 1.807) is 18.2 Å². The largest absolute Gasteiger partial charge is 0.289 e. The maximum absolute atomic E-state index is 13.4. The van der Waals surface area contributed by atoms with Crippen molar-refractivity contribution in [3.8, 4) is 0 Å². The van der Waals surface area contributed by atoms with Crippen LogP contribution in [0.4, 0.5) is 4.39 Å². The van der Waals surface area contributed by atoms with Crippen LogP contribution in [0.2, 0.25) is 0 Å². The lowest BCUT2D eigenvalue weighted by Crippen LogP contribution is -2.29. The lowest BCUT2D eigenvalue weighted by Gasteiger charge is -2.03. The molecular formula is C17H15FN4O2S. The van der Waals surface area contributed by atoms with Crippen LogP contribution in [0, 0.1) is 5.82 Å². The number of nitrogens with zero attached hydrogens (tertiary/aromatic N) is 3. The first-order chi connectivity index (χ1) is 12.1. The Kier molecular flexibility index (Phi) is 4.99. The van der Waals surface area contributed by atoms with Crippen molar-refractivity contribution in [1.29, 1.82) is 0 Å². The second kappa shape index (κ2) is 7.35. The Morgan fingerprint density at radius 3 is 3.00 bits per heavy atom. The monoisotopic (exact) mass is 358 g/mol. The summed E-state index contributed by atoms with van der Waals surface area (Å²) in [6.45, 7) is 1.79. The number of aromatic nitrogens is 2. The first kappa shape index (κ1) is 17.0. The Balaban J connectivity index is 1.71. The fourth-order valence-electron chi connectivity index (χ4n) is 2.24. The van der Waals surface area contributed by atoms with E-state index in [0.29, 0.717) is 10.2 Å². The number of hydrogen-bond acceptors (Lipinski definition) is 5. The lowest BCUT2D eigenvalue weighted by atomic mass is 10.2. The van der Waals surface area contributed by atoms with Gasteiger partial charge in [-0.3, -0.25) is 14.2 Å². The molecule has 1 amide bonds. The highest BCUT2D eigenvalue weighted by atomic mass is 32.1. The van der Waals surface area contributed by atoms with E-state index in [9.17, 15) is 14.0 Å². The van der Waals surface area contributed by atoms with Crippen LogP contribution in [0.3, 0.4) is 0 Å². The molecule has 2 aromatic heterocycles. The topological polar surface area (TPSA) is 76.3 Å². The normalized spacial score (nSPS) is 11.3. The summed E-state index contributed by atoms with van der Waals surface area (Å²) in [7, 11) is 0. The highest BCUT2D eigenvalue weighted by Crippen LogP contribution is 2.20. The molecule has 3 aromatic rings. The smallest absolute Gasteiger partial charge is 0.262 e. The molecule has 0 unspecified atom stereocenters. The van der Waals surface area contributed by atoms with Crippen molar-refractivity contribution in [2.45, 2.75) is 19.9 Å². The highest BCUT2D eigenvalue weighted by molar-refractivity contribution is 7.18. The zero-order valence-electron chi connectivity index (χ0n) is 13.4. The molecule has 0 spiro atoms. The number of fused-ring (bicyclic) bond motifs is 1. The van der Waals surface area contributed by atoms with Gasteiger partial charge in [-0.2, -0.15) is 5.10 Å². The number of aryl methyl sites for hydroxylation is 1. The molecule has 6 nitrogen and oxygen atoms in total. The van der Waals surface area contributed by atoms with Crippen LogP contribution >= 0.6 is 11.3 Å². The molecule has 0 saturated carbocycles. The quantitative estimate of drug-likeness (QED) is 0.562. The third-order valence-electron chi connectivity index (χ3n) is 3.53. The van der Waals surface area contributed by atoms with Crippen molar-refractivity contribution in [2.75, 3.05) is 0 Å². The average Bonchev–Trinajstić information content (AvgIpc) is 3.03. The molecule has 0 aliphatic carbocycles. The van der Waals surface area contributed by atoms with Crippen LogP contribution in [-0.2, 0) is 17.8 Å². The number of carbonyl (C=O) groups is 1. The summed E-state index contributed by atoms with van der Waals surface area (Å²) < 4.78 is 14.7. The second-order valence-electron chi connectivity index (χ2n) is 5.28. The van der Waals surface area contributed by atoms with E-state index >= 15 is 0 Å². The summed E-state index contributed by atoms with van der Waals surface area (Å²) in [4.78, 5) is 30.3. The van der Waals surface area contributed by atoms with Crippen molar-refractivity contribution >= 4 is 33.7 Å². The first-order valence-electron chi connectivity index (χ1n) is 7.62. The minimum absolute atomic E-state index is 0.215. The standard InChI is InChI=1S/C17H15FN4O2S/c1-2-12-7-13-16(25-12)19-10-22(17(13)24)9-15(23)21-20-8-11-5-3-4-6-14(11)18/h3-8,10H,2,9H2,1H3,(H,21,23). The van der Waals surface area contributed by atoms with Gasteiger partial charge in [-0.25, -0.2) is 14.8 Å². The SMILES string of the molecule is CCc1cc2c(=O)n(CC(=O)NN=Cc3ccccc3F)cnc2s1. The molecule has 8 heteroatoms. The zero-order valence-corrected chi connectivity index (χ0v) is 14.2. The Labute approximate surface area is 146 Å². The van der Waals surface area contributed by atoms with E-state index < -0.39 is 11.7 Å².